The predicted molar refractivity (Wildman–Crippen MR) is 54.9 cm³/mol. The average Bonchev–Trinajstić information content (AvgIpc) is 2.01. The quantitative estimate of drug-likeness (QED) is 0.465. The van der Waals surface area contributed by atoms with Gasteiger partial charge in [0.2, 0.25) is 0 Å². The van der Waals surface area contributed by atoms with E-state index in [2.05, 4.69) is 12.1 Å². The van der Waals surface area contributed by atoms with Gasteiger partial charge in [-0.25, -0.2) is 0 Å². The molecule has 0 rings (SSSR count). The van der Waals surface area contributed by atoms with Gasteiger partial charge in [0.05, 0.1) is 28.2 Å². The largest absolute Gasteiger partial charge is 0.312 e. The molecule has 0 saturated heterocycles. The van der Waals surface area contributed by atoms with Gasteiger partial charge < -0.3 is 8.97 Å². The molecule has 0 fully saturated rings. The van der Waals surface area contributed by atoms with Crippen LogP contribution in [0.25, 0.3) is 0 Å². The van der Waals surface area contributed by atoms with Crippen LogP contribution in [0.1, 0.15) is 0 Å². The minimum Gasteiger partial charge on any atom is -0.312 e. The predicted octanol–water partition coefficient (Wildman–Crippen LogP) is 0.186. The van der Waals surface area contributed by atoms with Crippen LogP contribution in [0.5, 0.6) is 0 Å². The van der Waals surface area contributed by atoms with Gasteiger partial charge in [0, 0.05) is 0 Å². The SMILES string of the molecule is C[N+](C)(CC#N)CC[N+](C)(C)CC#N. The molecule has 0 saturated carbocycles. The molecular formula is C10H20N4+2. The Labute approximate surface area is 86.7 Å². The number of quaternary nitrogens is 2. The first-order valence-corrected chi connectivity index (χ1v) is 4.71. The van der Waals surface area contributed by atoms with Gasteiger partial charge in [0.25, 0.3) is 0 Å². The van der Waals surface area contributed by atoms with Crippen molar-refractivity contribution >= 4 is 0 Å². The molecule has 0 aromatic carbocycles. The summed E-state index contributed by atoms with van der Waals surface area (Å²) in [4.78, 5) is 0. The third kappa shape index (κ3) is 5.53. The number of nitriles is 2. The molecule has 4 heteroatoms. The monoisotopic (exact) mass is 196 g/mol. The smallest absolute Gasteiger partial charge is 0.166 e. The van der Waals surface area contributed by atoms with Crippen LogP contribution >= 0.6 is 0 Å². The topological polar surface area (TPSA) is 47.6 Å². The van der Waals surface area contributed by atoms with Crippen LogP contribution in [0.4, 0.5) is 0 Å². The molecule has 0 N–H and O–H groups in total. The lowest BCUT2D eigenvalue weighted by atomic mass is 10.3. The zero-order chi connectivity index (χ0) is 11.2. The third-order valence-corrected chi connectivity index (χ3v) is 2.31. The summed E-state index contributed by atoms with van der Waals surface area (Å²) < 4.78 is 1.40. The zero-order valence-corrected chi connectivity index (χ0v) is 9.62. The number of hydrogen-bond acceptors (Lipinski definition) is 2. The van der Waals surface area contributed by atoms with Gasteiger partial charge in [-0.3, -0.25) is 0 Å². The lowest BCUT2D eigenvalue weighted by Gasteiger charge is -2.32. The summed E-state index contributed by atoms with van der Waals surface area (Å²) in [5.41, 5.74) is 0. The fourth-order valence-electron chi connectivity index (χ4n) is 1.08. The van der Waals surface area contributed by atoms with Crippen molar-refractivity contribution in [1.29, 1.82) is 10.5 Å². The first-order chi connectivity index (χ1) is 6.33. The van der Waals surface area contributed by atoms with Crippen LogP contribution < -0.4 is 0 Å². The Kier molecular flexibility index (Phi) is 4.56. The van der Waals surface area contributed by atoms with E-state index in [9.17, 15) is 0 Å². The first-order valence-electron chi connectivity index (χ1n) is 4.71. The second-order valence-corrected chi connectivity index (χ2v) is 4.95. The normalized spacial score (nSPS) is 11.9. The molecule has 0 unspecified atom stereocenters. The summed E-state index contributed by atoms with van der Waals surface area (Å²) in [7, 11) is 8.15. The molecule has 0 aliphatic carbocycles. The van der Waals surface area contributed by atoms with Crippen molar-refractivity contribution in [1.82, 2.24) is 0 Å². The second-order valence-electron chi connectivity index (χ2n) is 4.95. The van der Waals surface area contributed by atoms with Crippen molar-refractivity contribution in [3.63, 3.8) is 0 Å². The van der Waals surface area contributed by atoms with Crippen LogP contribution in [0.15, 0.2) is 0 Å². The Morgan fingerprint density at radius 1 is 0.786 bits per heavy atom. The van der Waals surface area contributed by atoms with Crippen molar-refractivity contribution in [2.24, 2.45) is 0 Å². The molecule has 0 aromatic heterocycles. The molecule has 0 aliphatic heterocycles. The molecule has 0 bridgehead atoms. The lowest BCUT2D eigenvalue weighted by molar-refractivity contribution is -0.939. The van der Waals surface area contributed by atoms with E-state index in [4.69, 9.17) is 10.5 Å². The second kappa shape index (κ2) is 4.95. The molecule has 0 aromatic rings. The maximum absolute atomic E-state index is 8.61. The Morgan fingerprint density at radius 3 is 1.29 bits per heavy atom. The van der Waals surface area contributed by atoms with Crippen LogP contribution in [0.2, 0.25) is 0 Å². The highest BCUT2D eigenvalue weighted by Crippen LogP contribution is 2.01. The van der Waals surface area contributed by atoms with Gasteiger partial charge in [0.1, 0.15) is 25.2 Å². The number of likely N-dealkylation sites (N-methyl/N-ethyl adjacent to an activating group) is 2. The van der Waals surface area contributed by atoms with E-state index in [0.29, 0.717) is 22.1 Å². The molecule has 0 aliphatic rings. The summed E-state index contributed by atoms with van der Waals surface area (Å²) in [6.45, 7) is 2.88. The minimum absolute atomic E-state index is 0.520. The highest BCUT2D eigenvalue weighted by Gasteiger charge is 2.21. The molecule has 78 valence electrons. The Balaban J connectivity index is 4.06. The standard InChI is InChI=1S/C10H20N4/c1-13(2,7-5-11)9-10-14(3,4)8-6-12/h7-10H2,1-4H3/q+2. The van der Waals surface area contributed by atoms with Crippen LogP contribution in [0, 0.1) is 22.7 Å². The van der Waals surface area contributed by atoms with Gasteiger partial charge in [-0.1, -0.05) is 0 Å². The molecule has 0 amide bonds. The van der Waals surface area contributed by atoms with Crippen molar-refractivity contribution < 1.29 is 8.97 Å². The van der Waals surface area contributed by atoms with E-state index in [1.165, 1.54) is 0 Å². The van der Waals surface area contributed by atoms with Crippen molar-refractivity contribution in [3.05, 3.63) is 0 Å². The lowest BCUT2D eigenvalue weighted by Crippen LogP contribution is -2.51. The van der Waals surface area contributed by atoms with E-state index < -0.39 is 0 Å². The van der Waals surface area contributed by atoms with Crippen LogP contribution in [0.3, 0.4) is 0 Å². The van der Waals surface area contributed by atoms with Crippen molar-refractivity contribution in [2.75, 3.05) is 54.4 Å². The third-order valence-electron chi connectivity index (χ3n) is 2.31. The van der Waals surface area contributed by atoms with E-state index in [0.717, 1.165) is 13.1 Å². The highest BCUT2D eigenvalue weighted by molar-refractivity contribution is 4.68. The molecule has 0 radical (unpaired) electrons. The summed E-state index contributed by atoms with van der Waals surface area (Å²) in [6.07, 6.45) is 0. The first kappa shape index (κ1) is 12.9. The maximum Gasteiger partial charge on any atom is 0.166 e. The summed E-state index contributed by atoms with van der Waals surface area (Å²) in [5, 5.41) is 17.2. The number of nitrogens with zero attached hydrogens (tertiary/aromatic N) is 4. The van der Waals surface area contributed by atoms with Crippen LogP contribution in [-0.2, 0) is 0 Å². The van der Waals surface area contributed by atoms with E-state index in [-0.39, 0.29) is 0 Å². The average molecular weight is 196 g/mol. The fraction of sp³-hybridized carbons (Fsp3) is 0.800. The number of hydrogen-bond donors (Lipinski definition) is 0. The van der Waals surface area contributed by atoms with Crippen LogP contribution in [-0.4, -0.2) is 63.3 Å². The van der Waals surface area contributed by atoms with Crippen molar-refractivity contribution in [3.8, 4) is 12.1 Å². The Hall–Kier alpha value is -1.10. The molecule has 0 heterocycles. The van der Waals surface area contributed by atoms with Crippen molar-refractivity contribution in [2.45, 2.75) is 0 Å². The summed E-state index contributed by atoms with van der Waals surface area (Å²) in [5.74, 6) is 0. The Morgan fingerprint density at radius 2 is 1.07 bits per heavy atom. The van der Waals surface area contributed by atoms with E-state index in [1.807, 2.05) is 28.2 Å². The van der Waals surface area contributed by atoms with E-state index >= 15 is 0 Å². The highest BCUT2D eigenvalue weighted by atomic mass is 15.4. The van der Waals surface area contributed by atoms with Gasteiger partial charge >= 0.3 is 0 Å². The van der Waals surface area contributed by atoms with Gasteiger partial charge in [-0.2, -0.15) is 10.5 Å². The molecular weight excluding hydrogens is 176 g/mol. The number of rotatable bonds is 5. The van der Waals surface area contributed by atoms with Gasteiger partial charge in [0.15, 0.2) is 13.1 Å². The molecule has 14 heavy (non-hydrogen) atoms. The summed E-state index contributed by atoms with van der Waals surface area (Å²) in [6, 6.07) is 4.35. The minimum atomic E-state index is 0.520. The Bertz CT molecular complexity index is 226. The maximum atomic E-state index is 8.61. The molecule has 4 nitrogen and oxygen atoms in total. The van der Waals surface area contributed by atoms with Gasteiger partial charge in [-0.15, -0.1) is 0 Å². The molecule has 0 spiro atoms. The fourth-order valence-corrected chi connectivity index (χ4v) is 1.08. The summed E-state index contributed by atoms with van der Waals surface area (Å²) >= 11 is 0. The van der Waals surface area contributed by atoms with Gasteiger partial charge in [-0.05, 0) is 0 Å². The molecule has 0 atom stereocenters. The zero-order valence-electron chi connectivity index (χ0n) is 9.62. The van der Waals surface area contributed by atoms with E-state index in [1.54, 1.807) is 0 Å².